The Morgan fingerprint density at radius 3 is 2.27 bits per heavy atom. The fourth-order valence-corrected chi connectivity index (χ4v) is 6.38. The van der Waals surface area contributed by atoms with E-state index in [1.165, 1.54) is 13.1 Å². The molecule has 0 radical (unpaired) electrons. The van der Waals surface area contributed by atoms with Gasteiger partial charge in [0.2, 0.25) is 5.91 Å². The Bertz CT molecular complexity index is 1720. The number of halogens is 5. The van der Waals surface area contributed by atoms with E-state index < -0.39 is 64.9 Å². The number of hydrogen-bond donors (Lipinski definition) is 2. The number of carboxylic acids is 1. The van der Waals surface area contributed by atoms with E-state index in [-0.39, 0.29) is 31.0 Å². The van der Waals surface area contributed by atoms with E-state index in [9.17, 15) is 37.1 Å². The van der Waals surface area contributed by atoms with Crippen molar-refractivity contribution >= 4 is 11.9 Å². The zero-order valence-electron chi connectivity index (χ0n) is 27.8. The number of aromatic nitrogens is 2. The highest BCUT2D eigenvalue weighted by atomic mass is 19.4. The topological polar surface area (TPSA) is 105 Å². The van der Waals surface area contributed by atoms with Crippen LogP contribution in [-0.4, -0.2) is 56.7 Å². The first kappa shape index (κ1) is 36.7. The molecule has 0 bridgehead atoms. The maximum atomic E-state index is 15.8. The van der Waals surface area contributed by atoms with E-state index in [1.54, 1.807) is 52.8 Å². The monoisotopic (exact) mass is 676 g/mol. The highest BCUT2D eigenvalue weighted by Gasteiger charge is 2.39. The predicted molar refractivity (Wildman–Crippen MR) is 171 cm³/mol. The number of aryl methyl sites for hydroxylation is 3. The predicted octanol–water partition coefficient (Wildman–Crippen LogP) is 6.50. The van der Waals surface area contributed by atoms with Crippen molar-refractivity contribution in [2.75, 3.05) is 19.6 Å². The normalized spacial score (nSPS) is 16.0. The van der Waals surface area contributed by atoms with Crippen molar-refractivity contribution < 1.29 is 36.6 Å². The molecular weight excluding hydrogens is 635 g/mol. The maximum Gasteiger partial charge on any atom is 0.419 e. The lowest BCUT2D eigenvalue weighted by atomic mass is 9.90. The number of hydrogen-bond acceptors (Lipinski definition) is 5. The first-order valence-electron chi connectivity index (χ1n) is 15.8. The van der Waals surface area contributed by atoms with Crippen molar-refractivity contribution in [3.05, 3.63) is 86.3 Å². The van der Waals surface area contributed by atoms with Crippen LogP contribution in [0.5, 0.6) is 0 Å². The van der Waals surface area contributed by atoms with Crippen molar-refractivity contribution in [3.8, 4) is 11.1 Å². The molecule has 2 aromatic carbocycles. The number of carbonyl (C=O) groups is 2. The summed E-state index contributed by atoms with van der Waals surface area (Å²) in [4.78, 5) is 45.1. The molecule has 1 aliphatic heterocycles. The summed E-state index contributed by atoms with van der Waals surface area (Å²) in [7, 11) is 0. The summed E-state index contributed by atoms with van der Waals surface area (Å²) < 4.78 is 73.5. The third-order valence-corrected chi connectivity index (χ3v) is 8.63. The van der Waals surface area contributed by atoms with E-state index in [0.29, 0.717) is 47.0 Å². The molecule has 2 heterocycles. The van der Waals surface area contributed by atoms with Crippen LogP contribution in [0, 0.1) is 32.5 Å². The number of nitrogens with zero attached hydrogens (tertiary/aromatic N) is 3. The molecule has 2 N–H and O–H groups in total. The van der Waals surface area contributed by atoms with Crippen LogP contribution >= 0.6 is 0 Å². The van der Waals surface area contributed by atoms with Gasteiger partial charge in [-0.15, -0.1) is 0 Å². The van der Waals surface area contributed by atoms with E-state index >= 15 is 4.39 Å². The van der Waals surface area contributed by atoms with Gasteiger partial charge in [-0.3, -0.25) is 19.1 Å². The van der Waals surface area contributed by atoms with Crippen LogP contribution in [0.2, 0.25) is 0 Å². The van der Waals surface area contributed by atoms with E-state index in [4.69, 9.17) is 0 Å². The second kappa shape index (κ2) is 14.2. The van der Waals surface area contributed by atoms with Crippen LogP contribution in [0.25, 0.3) is 11.1 Å². The number of rotatable bonds is 12. The van der Waals surface area contributed by atoms with E-state index in [1.807, 2.05) is 4.90 Å². The summed E-state index contributed by atoms with van der Waals surface area (Å²) in [6, 6.07) is 3.97. The van der Waals surface area contributed by atoms with Gasteiger partial charge in [0.15, 0.2) is 0 Å². The average Bonchev–Trinajstić information content (AvgIpc) is 2.93. The fourth-order valence-electron chi connectivity index (χ4n) is 6.38. The number of nitrogens with one attached hydrogen (secondary N) is 1. The number of carboxylic acid groups (broad SMARTS) is 1. The van der Waals surface area contributed by atoms with Crippen LogP contribution in [0.4, 0.5) is 22.0 Å². The molecule has 8 nitrogen and oxygen atoms in total. The standard InChI is InChI=1S/C35H41F5N4O4/c1-19(2)12-28(44-16-23(22(5)41-33(44)48)10-11-43-17-34(6,37)18-43)32(47)42-27(15-29(45)46)25-13-24(14-26(31(25)36)35(38,39)40)30-20(3)8-7-9-21(30)4/h7-9,13-14,16,19,27-28H,10-12,15,17-18H2,1-6H3,(H,42,47)(H,45,46)/t27-,28-/m0/s1. The van der Waals surface area contributed by atoms with Crippen molar-refractivity contribution in [3.63, 3.8) is 0 Å². The summed E-state index contributed by atoms with van der Waals surface area (Å²) >= 11 is 0. The molecule has 2 atom stereocenters. The average molecular weight is 677 g/mol. The van der Waals surface area contributed by atoms with Gasteiger partial charge in [-0.05, 0) is 86.4 Å². The van der Waals surface area contributed by atoms with E-state index in [0.717, 1.165) is 10.6 Å². The molecule has 3 aromatic rings. The van der Waals surface area contributed by atoms with Gasteiger partial charge < -0.3 is 10.4 Å². The Kier molecular flexibility index (Phi) is 10.8. The first-order chi connectivity index (χ1) is 22.3. The molecule has 260 valence electrons. The molecular formula is C35H41F5N4O4. The lowest BCUT2D eigenvalue weighted by Gasteiger charge is -2.42. The molecule has 13 heteroatoms. The van der Waals surface area contributed by atoms with Gasteiger partial charge in [0, 0.05) is 37.1 Å². The Hall–Kier alpha value is -4.13. The Balaban J connectivity index is 1.76. The lowest BCUT2D eigenvalue weighted by molar-refractivity contribution is -0.140. The quantitative estimate of drug-likeness (QED) is 0.213. The molecule has 4 rings (SSSR count). The second-order valence-corrected chi connectivity index (χ2v) is 13.4. The number of benzene rings is 2. The Morgan fingerprint density at radius 1 is 1.10 bits per heavy atom. The fraction of sp³-hybridized carbons (Fsp3) is 0.486. The molecule has 0 aliphatic carbocycles. The van der Waals surface area contributed by atoms with Gasteiger partial charge in [0.05, 0.1) is 18.0 Å². The second-order valence-electron chi connectivity index (χ2n) is 13.4. The summed E-state index contributed by atoms with van der Waals surface area (Å²) in [5, 5.41) is 12.2. The number of carbonyl (C=O) groups excluding carboxylic acids is 1. The molecule has 0 saturated carbocycles. The Morgan fingerprint density at radius 2 is 1.73 bits per heavy atom. The third kappa shape index (κ3) is 8.47. The van der Waals surface area contributed by atoms with Gasteiger partial charge in [-0.2, -0.15) is 18.2 Å². The molecule has 1 aliphatic rings. The van der Waals surface area contributed by atoms with Crippen molar-refractivity contribution in [1.82, 2.24) is 19.8 Å². The molecule has 48 heavy (non-hydrogen) atoms. The number of amides is 1. The first-order valence-corrected chi connectivity index (χ1v) is 15.8. The molecule has 1 saturated heterocycles. The van der Waals surface area contributed by atoms with Crippen LogP contribution in [0.3, 0.4) is 0 Å². The number of alkyl halides is 4. The maximum absolute atomic E-state index is 15.8. The molecule has 0 spiro atoms. The van der Waals surface area contributed by atoms with E-state index in [2.05, 4.69) is 10.3 Å². The van der Waals surface area contributed by atoms with Gasteiger partial charge in [0.1, 0.15) is 17.5 Å². The van der Waals surface area contributed by atoms with Gasteiger partial charge in [0.25, 0.3) is 0 Å². The highest BCUT2D eigenvalue weighted by Crippen LogP contribution is 2.40. The van der Waals surface area contributed by atoms with Crippen LogP contribution in [0.1, 0.15) is 79.2 Å². The van der Waals surface area contributed by atoms with Crippen LogP contribution < -0.4 is 11.0 Å². The van der Waals surface area contributed by atoms with Crippen LogP contribution in [-0.2, 0) is 22.2 Å². The minimum Gasteiger partial charge on any atom is -0.481 e. The zero-order chi connectivity index (χ0) is 35.7. The molecule has 1 fully saturated rings. The molecule has 1 aromatic heterocycles. The summed E-state index contributed by atoms with van der Waals surface area (Å²) in [5.74, 6) is -4.23. The lowest BCUT2D eigenvalue weighted by Crippen LogP contribution is -2.57. The van der Waals surface area contributed by atoms with Crippen molar-refractivity contribution in [2.45, 2.75) is 84.7 Å². The van der Waals surface area contributed by atoms with Gasteiger partial charge >= 0.3 is 17.8 Å². The smallest absolute Gasteiger partial charge is 0.419 e. The van der Waals surface area contributed by atoms with Crippen molar-refractivity contribution in [1.29, 1.82) is 0 Å². The number of aliphatic carboxylic acids is 1. The minimum atomic E-state index is -5.13. The number of likely N-dealkylation sites (tertiary alicyclic amines) is 1. The minimum absolute atomic E-state index is 0.0107. The molecule has 0 unspecified atom stereocenters. The summed E-state index contributed by atoms with van der Waals surface area (Å²) in [5.41, 5.74) is -1.54. The van der Waals surface area contributed by atoms with Crippen molar-refractivity contribution in [2.24, 2.45) is 5.92 Å². The third-order valence-electron chi connectivity index (χ3n) is 8.63. The van der Waals surface area contributed by atoms with Crippen LogP contribution in [0.15, 0.2) is 41.3 Å². The van der Waals surface area contributed by atoms with Gasteiger partial charge in [-0.1, -0.05) is 32.0 Å². The molecule has 1 amide bonds. The van der Waals surface area contributed by atoms with Gasteiger partial charge in [-0.25, -0.2) is 13.6 Å². The largest absolute Gasteiger partial charge is 0.481 e. The SMILES string of the molecule is Cc1cccc(C)c1-c1cc([C@H](CC(=O)O)NC(=O)[C@H](CC(C)C)n2cc(CCN3CC(C)(F)C3)c(C)nc2=O)c(F)c(C(F)(F)F)c1. The zero-order valence-corrected chi connectivity index (χ0v) is 27.8. The Labute approximate surface area is 276 Å². The highest BCUT2D eigenvalue weighted by molar-refractivity contribution is 5.82. The summed E-state index contributed by atoms with van der Waals surface area (Å²) in [6.45, 7) is 11.1. The summed E-state index contributed by atoms with van der Waals surface area (Å²) in [6.07, 6.45) is -4.08.